The molecule has 0 unspecified atom stereocenters. The maximum atomic E-state index is 13.5. The number of hydrogen-bond acceptors (Lipinski definition) is 4. The molecule has 0 saturated carbocycles. The Labute approximate surface area is 124 Å². The van der Waals surface area contributed by atoms with Crippen molar-refractivity contribution in [2.45, 2.75) is 19.8 Å². The third kappa shape index (κ3) is 3.52. The highest BCUT2D eigenvalue weighted by Gasteiger charge is 2.07. The van der Waals surface area contributed by atoms with Gasteiger partial charge < -0.3 is 4.74 Å². The second kappa shape index (κ2) is 6.44. The second-order valence-corrected chi connectivity index (χ2v) is 4.86. The minimum absolute atomic E-state index is 0.0205. The summed E-state index contributed by atoms with van der Waals surface area (Å²) in [6.07, 6.45) is 1.65. The van der Waals surface area contributed by atoms with E-state index in [1.807, 2.05) is 6.92 Å². The van der Waals surface area contributed by atoms with Gasteiger partial charge in [0.2, 0.25) is 5.88 Å². The van der Waals surface area contributed by atoms with E-state index in [4.69, 9.17) is 10.00 Å². The highest BCUT2D eigenvalue weighted by molar-refractivity contribution is 9.10. The molecule has 0 amide bonds. The lowest BCUT2D eigenvalue weighted by Gasteiger charge is -2.07. The molecule has 0 radical (unpaired) electrons. The second-order valence-electron chi connectivity index (χ2n) is 4.05. The molecule has 4 nitrogen and oxygen atoms in total. The van der Waals surface area contributed by atoms with E-state index in [1.165, 1.54) is 12.1 Å². The molecular weight excluding hydrogens is 325 g/mol. The molecule has 1 aromatic heterocycles. The first kappa shape index (κ1) is 14.4. The van der Waals surface area contributed by atoms with Crippen LogP contribution in [0.25, 0.3) is 0 Å². The fourth-order valence-corrected chi connectivity index (χ4v) is 2.00. The zero-order chi connectivity index (χ0) is 14.5. The van der Waals surface area contributed by atoms with E-state index < -0.39 is 5.82 Å². The van der Waals surface area contributed by atoms with Gasteiger partial charge in [0.05, 0.1) is 5.56 Å². The zero-order valence-corrected chi connectivity index (χ0v) is 12.3. The van der Waals surface area contributed by atoms with Gasteiger partial charge in [0.1, 0.15) is 28.1 Å². The lowest BCUT2D eigenvalue weighted by Crippen LogP contribution is -1.98. The number of aromatic nitrogens is 2. The van der Waals surface area contributed by atoms with Crippen LogP contribution in [0.4, 0.5) is 4.39 Å². The van der Waals surface area contributed by atoms with Crippen LogP contribution in [0.5, 0.6) is 11.6 Å². The van der Waals surface area contributed by atoms with E-state index in [2.05, 4.69) is 25.9 Å². The lowest BCUT2D eigenvalue weighted by molar-refractivity contribution is 0.453. The van der Waals surface area contributed by atoms with Crippen molar-refractivity contribution >= 4 is 15.9 Å². The Kier molecular flexibility index (Phi) is 4.64. The molecule has 1 aromatic carbocycles. The van der Waals surface area contributed by atoms with Crippen LogP contribution >= 0.6 is 15.9 Å². The summed E-state index contributed by atoms with van der Waals surface area (Å²) >= 11 is 3.29. The number of benzene rings is 1. The summed E-state index contributed by atoms with van der Waals surface area (Å²) in [5, 5.41) is 8.67. The number of aryl methyl sites for hydroxylation is 1. The molecule has 0 bridgehead atoms. The Hall–Kier alpha value is -2.00. The molecule has 0 atom stereocenters. The summed E-state index contributed by atoms with van der Waals surface area (Å²) in [6.45, 7) is 2.03. The fraction of sp³-hybridized carbons (Fsp3) is 0.214. The largest absolute Gasteiger partial charge is 0.439 e. The average molecular weight is 336 g/mol. The van der Waals surface area contributed by atoms with E-state index >= 15 is 0 Å². The third-order valence-corrected chi connectivity index (χ3v) is 2.88. The van der Waals surface area contributed by atoms with Crippen molar-refractivity contribution in [3.8, 4) is 17.7 Å². The van der Waals surface area contributed by atoms with Crippen LogP contribution in [-0.2, 0) is 6.42 Å². The topological polar surface area (TPSA) is 58.8 Å². The first-order valence-electron chi connectivity index (χ1n) is 6.03. The van der Waals surface area contributed by atoms with Gasteiger partial charge in [-0.2, -0.15) is 10.2 Å². The molecule has 2 rings (SSSR count). The Bertz CT molecular complexity index is 670. The van der Waals surface area contributed by atoms with Crippen LogP contribution in [0.1, 0.15) is 24.7 Å². The molecule has 0 saturated heterocycles. The van der Waals surface area contributed by atoms with Crippen LogP contribution in [0.15, 0.2) is 28.9 Å². The summed E-state index contributed by atoms with van der Waals surface area (Å²) in [5.74, 6) is 0.659. The predicted octanol–water partition coefficient (Wildman–Crippen LogP) is 3.99. The minimum atomic E-state index is -0.619. The van der Waals surface area contributed by atoms with Crippen molar-refractivity contribution in [3.05, 3.63) is 46.1 Å². The Morgan fingerprint density at radius 1 is 1.35 bits per heavy atom. The Morgan fingerprint density at radius 2 is 2.15 bits per heavy atom. The maximum Gasteiger partial charge on any atom is 0.223 e. The van der Waals surface area contributed by atoms with Crippen LogP contribution in [0, 0.1) is 17.1 Å². The summed E-state index contributed by atoms with van der Waals surface area (Å²) in [5.41, 5.74) is -0.0205. The smallest absolute Gasteiger partial charge is 0.223 e. The van der Waals surface area contributed by atoms with Crippen LogP contribution < -0.4 is 4.74 Å². The quantitative estimate of drug-likeness (QED) is 0.792. The molecular formula is C14H11BrFN3O. The van der Waals surface area contributed by atoms with E-state index in [9.17, 15) is 4.39 Å². The van der Waals surface area contributed by atoms with E-state index in [0.29, 0.717) is 16.3 Å². The number of rotatable bonds is 4. The fourth-order valence-electron chi connectivity index (χ4n) is 1.60. The summed E-state index contributed by atoms with van der Waals surface area (Å²) in [7, 11) is 0. The molecule has 0 N–H and O–H groups in total. The van der Waals surface area contributed by atoms with E-state index in [0.717, 1.165) is 18.9 Å². The van der Waals surface area contributed by atoms with Crippen molar-refractivity contribution < 1.29 is 9.13 Å². The predicted molar refractivity (Wildman–Crippen MR) is 74.9 cm³/mol. The zero-order valence-electron chi connectivity index (χ0n) is 10.7. The summed E-state index contributed by atoms with van der Waals surface area (Å²) < 4.78 is 19.6. The third-order valence-electron chi connectivity index (χ3n) is 2.47. The maximum absolute atomic E-state index is 13.5. The standard InChI is InChI=1S/C14H11BrFN3O/c1-2-3-13-18-12(15)7-14(19-13)20-10-5-4-9(8-17)11(16)6-10/h4-7H,2-3H2,1H3. The van der Waals surface area contributed by atoms with Gasteiger partial charge in [-0.3, -0.25) is 0 Å². The monoisotopic (exact) mass is 335 g/mol. The molecule has 0 aliphatic rings. The van der Waals surface area contributed by atoms with Crippen molar-refractivity contribution in [1.82, 2.24) is 9.97 Å². The van der Waals surface area contributed by atoms with Gasteiger partial charge in [0.25, 0.3) is 0 Å². The number of halogens is 2. The first-order valence-corrected chi connectivity index (χ1v) is 6.82. The molecule has 1 heterocycles. The highest BCUT2D eigenvalue weighted by Crippen LogP contribution is 2.24. The minimum Gasteiger partial charge on any atom is -0.439 e. The Morgan fingerprint density at radius 3 is 2.80 bits per heavy atom. The van der Waals surface area contributed by atoms with Crippen LogP contribution in [-0.4, -0.2) is 9.97 Å². The lowest BCUT2D eigenvalue weighted by atomic mass is 10.2. The molecule has 0 fully saturated rings. The Balaban J connectivity index is 2.25. The van der Waals surface area contributed by atoms with E-state index in [-0.39, 0.29) is 11.3 Å². The number of ether oxygens (including phenoxy) is 1. The normalized spacial score (nSPS) is 10.1. The molecule has 0 aliphatic carbocycles. The van der Waals surface area contributed by atoms with Gasteiger partial charge >= 0.3 is 0 Å². The van der Waals surface area contributed by atoms with Gasteiger partial charge in [0, 0.05) is 18.6 Å². The molecule has 2 aromatic rings. The SMILES string of the molecule is CCCc1nc(Br)cc(Oc2ccc(C#N)c(F)c2)n1. The van der Waals surface area contributed by atoms with Crippen molar-refractivity contribution in [1.29, 1.82) is 5.26 Å². The van der Waals surface area contributed by atoms with Crippen LogP contribution in [0.3, 0.4) is 0 Å². The highest BCUT2D eigenvalue weighted by atomic mass is 79.9. The van der Waals surface area contributed by atoms with Gasteiger partial charge in [-0.25, -0.2) is 9.37 Å². The van der Waals surface area contributed by atoms with Gasteiger partial charge in [-0.05, 0) is 34.5 Å². The molecule has 102 valence electrons. The number of hydrogen-bond donors (Lipinski definition) is 0. The van der Waals surface area contributed by atoms with E-state index in [1.54, 1.807) is 12.1 Å². The van der Waals surface area contributed by atoms with Crippen molar-refractivity contribution in [2.24, 2.45) is 0 Å². The molecule has 0 aliphatic heterocycles. The van der Waals surface area contributed by atoms with Gasteiger partial charge in [0.15, 0.2) is 0 Å². The molecule has 20 heavy (non-hydrogen) atoms. The van der Waals surface area contributed by atoms with Crippen molar-refractivity contribution in [2.75, 3.05) is 0 Å². The van der Waals surface area contributed by atoms with Gasteiger partial charge in [-0.15, -0.1) is 0 Å². The molecule has 0 spiro atoms. The molecule has 6 heteroatoms. The summed E-state index contributed by atoms with van der Waals surface area (Å²) in [6, 6.07) is 7.42. The van der Waals surface area contributed by atoms with Crippen LogP contribution in [0.2, 0.25) is 0 Å². The average Bonchev–Trinajstić information content (AvgIpc) is 2.38. The first-order chi connectivity index (χ1) is 9.62. The number of nitriles is 1. The van der Waals surface area contributed by atoms with Crippen molar-refractivity contribution in [3.63, 3.8) is 0 Å². The summed E-state index contributed by atoms with van der Waals surface area (Å²) in [4.78, 5) is 8.46. The number of nitrogens with zero attached hydrogens (tertiary/aromatic N) is 3. The van der Waals surface area contributed by atoms with Gasteiger partial charge in [-0.1, -0.05) is 6.92 Å².